The lowest BCUT2D eigenvalue weighted by Gasteiger charge is -2.15. The molecule has 72 valence electrons. The summed E-state index contributed by atoms with van der Waals surface area (Å²) in [6.45, 7) is 9.90. The maximum absolute atomic E-state index is 3.52. The number of rotatable bonds is 6. The quantitative estimate of drug-likeness (QED) is 0.603. The Morgan fingerprint density at radius 3 is 2.33 bits per heavy atom. The van der Waals surface area contributed by atoms with Crippen LogP contribution in [0.3, 0.4) is 0 Å². The summed E-state index contributed by atoms with van der Waals surface area (Å²) in [7, 11) is 0. The van der Waals surface area contributed by atoms with Crippen LogP contribution in [-0.2, 0) is 0 Å². The van der Waals surface area contributed by atoms with Crippen LogP contribution in [0.15, 0.2) is 12.2 Å². The first-order chi connectivity index (χ1) is 5.74. The minimum absolute atomic E-state index is 0.657. The molecule has 2 unspecified atom stereocenters. The molecule has 1 heteroatoms. The van der Waals surface area contributed by atoms with Crippen LogP contribution in [0.25, 0.3) is 0 Å². The fraction of sp³-hybridized carbons (Fsp3) is 0.818. The Morgan fingerprint density at radius 1 is 1.25 bits per heavy atom. The number of hydrogen-bond acceptors (Lipinski definition) is 1. The molecule has 0 aliphatic heterocycles. The molecule has 0 aliphatic carbocycles. The first-order valence-corrected chi connectivity index (χ1v) is 5.10. The fourth-order valence-electron chi connectivity index (χ4n) is 1.12. The molecule has 0 aromatic carbocycles. The fourth-order valence-corrected chi connectivity index (χ4v) is 1.12. The molecular formula is C11H23N. The van der Waals surface area contributed by atoms with E-state index >= 15 is 0 Å². The average Bonchev–Trinajstić information content (AvgIpc) is 2.11. The molecule has 12 heavy (non-hydrogen) atoms. The molecule has 0 rings (SSSR count). The lowest BCUT2D eigenvalue weighted by Crippen LogP contribution is -2.29. The van der Waals surface area contributed by atoms with Gasteiger partial charge in [-0.2, -0.15) is 0 Å². The lowest BCUT2D eigenvalue weighted by atomic mass is 10.1. The topological polar surface area (TPSA) is 12.0 Å². The normalized spacial score (nSPS) is 16.7. The van der Waals surface area contributed by atoms with Gasteiger partial charge in [-0.3, -0.25) is 0 Å². The summed E-state index contributed by atoms with van der Waals surface area (Å²) in [6.07, 6.45) is 6.88. The van der Waals surface area contributed by atoms with E-state index in [-0.39, 0.29) is 0 Å². The molecule has 0 saturated carbocycles. The van der Waals surface area contributed by atoms with Gasteiger partial charge in [0.15, 0.2) is 0 Å². The molecule has 0 bridgehead atoms. The highest BCUT2D eigenvalue weighted by atomic mass is 14.9. The zero-order valence-corrected chi connectivity index (χ0v) is 8.93. The van der Waals surface area contributed by atoms with Gasteiger partial charge in [0.05, 0.1) is 0 Å². The van der Waals surface area contributed by atoms with Crippen LogP contribution < -0.4 is 5.32 Å². The summed E-state index contributed by atoms with van der Waals surface area (Å²) < 4.78 is 0. The Balaban J connectivity index is 3.57. The van der Waals surface area contributed by atoms with Gasteiger partial charge in [-0.1, -0.05) is 26.0 Å². The monoisotopic (exact) mass is 169 g/mol. The van der Waals surface area contributed by atoms with Gasteiger partial charge in [-0.25, -0.2) is 0 Å². The van der Waals surface area contributed by atoms with E-state index in [9.17, 15) is 0 Å². The molecule has 2 atom stereocenters. The molecule has 0 aromatic heterocycles. The van der Waals surface area contributed by atoms with Crippen molar-refractivity contribution in [2.24, 2.45) is 5.92 Å². The third-order valence-corrected chi connectivity index (χ3v) is 2.33. The van der Waals surface area contributed by atoms with E-state index in [4.69, 9.17) is 0 Å². The molecule has 0 aromatic rings. The Kier molecular flexibility index (Phi) is 7.17. The maximum Gasteiger partial charge on any atom is 0.00363 e. The molecule has 1 N–H and O–H groups in total. The van der Waals surface area contributed by atoms with Crippen LogP contribution in [0.1, 0.15) is 40.5 Å². The third-order valence-electron chi connectivity index (χ3n) is 2.33. The molecule has 0 fully saturated rings. The van der Waals surface area contributed by atoms with Crippen LogP contribution in [0.2, 0.25) is 0 Å². The molecule has 1 nitrogen and oxygen atoms in total. The van der Waals surface area contributed by atoms with Crippen molar-refractivity contribution in [2.75, 3.05) is 6.54 Å². The first kappa shape index (κ1) is 11.7. The zero-order chi connectivity index (χ0) is 9.40. The van der Waals surface area contributed by atoms with Crippen molar-refractivity contribution in [3.05, 3.63) is 12.2 Å². The minimum atomic E-state index is 0.657. The zero-order valence-electron chi connectivity index (χ0n) is 8.93. The van der Waals surface area contributed by atoms with E-state index in [1.54, 1.807) is 0 Å². The molecule has 0 radical (unpaired) electrons. The molecule has 0 aliphatic rings. The lowest BCUT2D eigenvalue weighted by molar-refractivity contribution is 0.473. The summed E-state index contributed by atoms with van der Waals surface area (Å²) in [5, 5.41) is 3.52. The van der Waals surface area contributed by atoms with E-state index in [0.717, 1.165) is 6.54 Å². The van der Waals surface area contributed by atoms with Gasteiger partial charge in [0.2, 0.25) is 0 Å². The second kappa shape index (κ2) is 7.35. The van der Waals surface area contributed by atoms with Gasteiger partial charge in [0.25, 0.3) is 0 Å². The standard InChI is InChI=1S/C11H23N/c1-5-8-11(7-3)9-12-10(4)6-2/h5,8,10-12H,6-7,9H2,1-4H3/b8-5-. The molecule has 0 saturated heterocycles. The van der Waals surface area contributed by atoms with Crippen LogP contribution in [0.5, 0.6) is 0 Å². The van der Waals surface area contributed by atoms with Gasteiger partial charge in [-0.05, 0) is 32.6 Å². The van der Waals surface area contributed by atoms with Crippen molar-refractivity contribution in [2.45, 2.75) is 46.6 Å². The van der Waals surface area contributed by atoms with Crippen molar-refractivity contribution in [3.8, 4) is 0 Å². The summed E-state index contributed by atoms with van der Waals surface area (Å²) in [6, 6.07) is 0.657. The second-order valence-corrected chi connectivity index (χ2v) is 3.41. The van der Waals surface area contributed by atoms with Crippen molar-refractivity contribution < 1.29 is 0 Å². The number of allylic oxidation sites excluding steroid dienone is 1. The number of nitrogens with one attached hydrogen (secondary N) is 1. The first-order valence-electron chi connectivity index (χ1n) is 5.10. The largest absolute Gasteiger partial charge is 0.314 e. The smallest absolute Gasteiger partial charge is 0.00363 e. The Labute approximate surface area is 77.2 Å². The van der Waals surface area contributed by atoms with Crippen LogP contribution >= 0.6 is 0 Å². The van der Waals surface area contributed by atoms with E-state index in [1.807, 2.05) is 0 Å². The van der Waals surface area contributed by atoms with Gasteiger partial charge in [0, 0.05) is 12.6 Å². The highest BCUT2D eigenvalue weighted by Crippen LogP contribution is 2.03. The van der Waals surface area contributed by atoms with Crippen molar-refractivity contribution >= 4 is 0 Å². The molecule has 0 spiro atoms. The average molecular weight is 169 g/mol. The minimum Gasteiger partial charge on any atom is -0.314 e. The summed E-state index contributed by atoms with van der Waals surface area (Å²) in [5.41, 5.74) is 0. The van der Waals surface area contributed by atoms with Crippen LogP contribution in [0.4, 0.5) is 0 Å². The van der Waals surface area contributed by atoms with Crippen LogP contribution in [0, 0.1) is 5.92 Å². The SMILES string of the molecule is C/C=C\C(CC)CNC(C)CC. The summed E-state index contributed by atoms with van der Waals surface area (Å²) in [4.78, 5) is 0. The maximum atomic E-state index is 3.52. The van der Waals surface area contributed by atoms with Crippen molar-refractivity contribution in [1.29, 1.82) is 0 Å². The highest BCUT2D eigenvalue weighted by molar-refractivity contribution is 4.86. The highest BCUT2D eigenvalue weighted by Gasteiger charge is 2.02. The summed E-state index contributed by atoms with van der Waals surface area (Å²) in [5.74, 6) is 0.712. The van der Waals surface area contributed by atoms with Gasteiger partial charge in [-0.15, -0.1) is 0 Å². The van der Waals surface area contributed by atoms with Crippen LogP contribution in [-0.4, -0.2) is 12.6 Å². The number of hydrogen-bond donors (Lipinski definition) is 1. The Bertz CT molecular complexity index is 118. The van der Waals surface area contributed by atoms with E-state index in [2.05, 4.69) is 45.2 Å². The molecule has 0 heterocycles. The Morgan fingerprint density at radius 2 is 1.92 bits per heavy atom. The predicted octanol–water partition coefficient (Wildman–Crippen LogP) is 2.98. The van der Waals surface area contributed by atoms with E-state index in [1.165, 1.54) is 12.8 Å². The second-order valence-electron chi connectivity index (χ2n) is 3.41. The predicted molar refractivity (Wildman–Crippen MR) is 56.4 cm³/mol. The van der Waals surface area contributed by atoms with Gasteiger partial charge >= 0.3 is 0 Å². The molecule has 0 amide bonds. The van der Waals surface area contributed by atoms with Crippen molar-refractivity contribution in [1.82, 2.24) is 5.32 Å². The Hall–Kier alpha value is -0.300. The molecular weight excluding hydrogens is 146 g/mol. The van der Waals surface area contributed by atoms with E-state index < -0.39 is 0 Å². The van der Waals surface area contributed by atoms with E-state index in [0.29, 0.717) is 12.0 Å². The third kappa shape index (κ3) is 5.36. The van der Waals surface area contributed by atoms with Gasteiger partial charge < -0.3 is 5.32 Å². The summed E-state index contributed by atoms with van der Waals surface area (Å²) >= 11 is 0. The van der Waals surface area contributed by atoms with Gasteiger partial charge in [0.1, 0.15) is 0 Å². The van der Waals surface area contributed by atoms with Crippen molar-refractivity contribution in [3.63, 3.8) is 0 Å².